The summed E-state index contributed by atoms with van der Waals surface area (Å²) >= 11 is 6.23. The minimum Gasteiger partial charge on any atom is -0.327 e. The highest BCUT2D eigenvalue weighted by atomic mass is 35.5. The largest absolute Gasteiger partial charge is 0.327 e. The Balaban J connectivity index is 2.18. The molecule has 1 aliphatic rings. The Labute approximate surface area is 96.6 Å². The average molecular weight is 224 g/mol. The van der Waals surface area contributed by atoms with Crippen LogP contribution >= 0.6 is 11.6 Å². The molecule has 1 unspecified atom stereocenters. The Hall–Kier alpha value is -0.530. The van der Waals surface area contributed by atoms with E-state index >= 15 is 0 Å². The zero-order valence-corrected chi connectivity index (χ0v) is 10.1. The van der Waals surface area contributed by atoms with E-state index in [0.29, 0.717) is 5.41 Å². The second-order valence-corrected chi connectivity index (χ2v) is 5.33. The van der Waals surface area contributed by atoms with Crippen LogP contribution in [-0.2, 0) is 6.42 Å². The first-order valence-electron chi connectivity index (χ1n) is 5.54. The minimum absolute atomic E-state index is 0.273. The van der Waals surface area contributed by atoms with Gasteiger partial charge in [-0.05, 0) is 55.7 Å². The van der Waals surface area contributed by atoms with Gasteiger partial charge in [0.05, 0.1) is 0 Å². The van der Waals surface area contributed by atoms with E-state index in [1.165, 1.54) is 24.0 Å². The molecule has 2 rings (SSSR count). The quantitative estimate of drug-likeness (QED) is 0.836. The average Bonchev–Trinajstić information content (AvgIpc) is 2.91. The van der Waals surface area contributed by atoms with Gasteiger partial charge in [0.1, 0.15) is 0 Å². The zero-order valence-electron chi connectivity index (χ0n) is 9.39. The molecule has 0 aliphatic heterocycles. The normalized spacial score (nSPS) is 20.0. The second-order valence-electron chi connectivity index (χ2n) is 4.92. The highest BCUT2D eigenvalue weighted by molar-refractivity contribution is 6.31. The topological polar surface area (TPSA) is 26.0 Å². The van der Waals surface area contributed by atoms with Gasteiger partial charge >= 0.3 is 0 Å². The Morgan fingerprint density at radius 1 is 1.47 bits per heavy atom. The molecule has 2 N–H and O–H groups in total. The van der Waals surface area contributed by atoms with Crippen molar-refractivity contribution in [2.45, 2.75) is 39.2 Å². The van der Waals surface area contributed by atoms with Gasteiger partial charge in [0, 0.05) is 11.1 Å². The van der Waals surface area contributed by atoms with E-state index in [4.69, 9.17) is 17.3 Å². The molecular formula is C13H18ClN. The number of benzene rings is 1. The lowest BCUT2D eigenvalue weighted by Crippen LogP contribution is -2.29. The summed E-state index contributed by atoms with van der Waals surface area (Å²) in [5, 5.41) is 0.891. The van der Waals surface area contributed by atoms with Gasteiger partial charge in [-0.1, -0.05) is 23.7 Å². The monoisotopic (exact) mass is 223 g/mol. The molecule has 1 nitrogen and oxygen atoms in total. The fraction of sp³-hybridized carbons (Fsp3) is 0.538. The van der Waals surface area contributed by atoms with Crippen molar-refractivity contribution in [3.05, 3.63) is 34.3 Å². The predicted octanol–water partition coefficient (Wildman–Crippen LogP) is 3.32. The SMILES string of the molecule is Cc1ccc(CC2(C(C)N)CC2)c(Cl)c1. The lowest BCUT2D eigenvalue weighted by atomic mass is 9.90. The number of nitrogens with two attached hydrogens (primary N) is 1. The summed E-state index contributed by atoms with van der Waals surface area (Å²) in [5.74, 6) is 0. The van der Waals surface area contributed by atoms with E-state index in [1.54, 1.807) is 0 Å². The number of hydrogen-bond acceptors (Lipinski definition) is 1. The van der Waals surface area contributed by atoms with E-state index < -0.39 is 0 Å². The lowest BCUT2D eigenvalue weighted by molar-refractivity contribution is 0.418. The summed E-state index contributed by atoms with van der Waals surface area (Å²) in [6.07, 6.45) is 3.52. The van der Waals surface area contributed by atoms with Gasteiger partial charge in [-0.3, -0.25) is 0 Å². The van der Waals surface area contributed by atoms with E-state index in [9.17, 15) is 0 Å². The Morgan fingerprint density at radius 2 is 2.13 bits per heavy atom. The first-order valence-corrected chi connectivity index (χ1v) is 5.92. The molecule has 1 fully saturated rings. The van der Waals surface area contributed by atoms with E-state index in [2.05, 4.69) is 26.0 Å². The maximum absolute atomic E-state index is 6.23. The van der Waals surface area contributed by atoms with Gasteiger partial charge in [0.2, 0.25) is 0 Å². The lowest BCUT2D eigenvalue weighted by Gasteiger charge is -2.20. The highest BCUT2D eigenvalue weighted by Crippen LogP contribution is 2.51. The molecule has 1 aromatic carbocycles. The summed E-state index contributed by atoms with van der Waals surface area (Å²) in [6, 6.07) is 6.57. The van der Waals surface area contributed by atoms with Gasteiger partial charge in [-0.15, -0.1) is 0 Å². The van der Waals surface area contributed by atoms with E-state index in [1.807, 2.05) is 6.07 Å². The number of rotatable bonds is 3. The van der Waals surface area contributed by atoms with Crippen LogP contribution in [0.4, 0.5) is 0 Å². The van der Waals surface area contributed by atoms with Crippen LogP contribution < -0.4 is 5.73 Å². The Bertz CT molecular complexity index is 367. The molecule has 1 aromatic rings. The molecule has 0 bridgehead atoms. The summed E-state index contributed by atoms with van der Waals surface area (Å²) in [4.78, 5) is 0. The third kappa shape index (κ3) is 2.19. The first-order chi connectivity index (χ1) is 7.03. The van der Waals surface area contributed by atoms with Crippen LogP contribution in [0.15, 0.2) is 18.2 Å². The van der Waals surface area contributed by atoms with Gasteiger partial charge in [0.25, 0.3) is 0 Å². The van der Waals surface area contributed by atoms with Crippen LogP contribution in [0, 0.1) is 12.3 Å². The van der Waals surface area contributed by atoms with Crippen LogP contribution in [0.25, 0.3) is 0 Å². The smallest absolute Gasteiger partial charge is 0.0440 e. The predicted molar refractivity (Wildman–Crippen MR) is 65.2 cm³/mol. The van der Waals surface area contributed by atoms with Crippen molar-refractivity contribution in [3.8, 4) is 0 Å². The molecule has 1 saturated carbocycles. The van der Waals surface area contributed by atoms with Crippen LogP contribution in [0.1, 0.15) is 30.9 Å². The molecule has 2 heteroatoms. The first kappa shape index (κ1) is 11.0. The molecule has 0 aromatic heterocycles. The molecule has 15 heavy (non-hydrogen) atoms. The molecule has 0 heterocycles. The Morgan fingerprint density at radius 3 is 2.60 bits per heavy atom. The van der Waals surface area contributed by atoms with E-state index in [0.717, 1.165) is 11.4 Å². The fourth-order valence-electron chi connectivity index (χ4n) is 2.13. The summed E-state index contributed by atoms with van der Waals surface area (Å²) in [6.45, 7) is 4.17. The van der Waals surface area contributed by atoms with Crippen LogP contribution in [0.3, 0.4) is 0 Å². The fourth-order valence-corrected chi connectivity index (χ4v) is 2.43. The molecule has 0 saturated heterocycles. The summed E-state index contributed by atoms with van der Waals surface area (Å²) in [7, 11) is 0. The van der Waals surface area contributed by atoms with Gasteiger partial charge in [-0.25, -0.2) is 0 Å². The molecule has 1 atom stereocenters. The molecule has 1 aliphatic carbocycles. The van der Waals surface area contributed by atoms with Crippen LogP contribution in [-0.4, -0.2) is 6.04 Å². The van der Waals surface area contributed by atoms with Gasteiger partial charge in [-0.2, -0.15) is 0 Å². The minimum atomic E-state index is 0.273. The van der Waals surface area contributed by atoms with Crippen molar-refractivity contribution in [2.24, 2.45) is 11.1 Å². The standard InChI is InChI=1S/C13H18ClN/c1-9-3-4-11(12(14)7-9)8-13(5-6-13)10(2)15/h3-4,7,10H,5-6,8,15H2,1-2H3. The summed E-state index contributed by atoms with van der Waals surface area (Å²) in [5.41, 5.74) is 8.81. The van der Waals surface area contributed by atoms with Crippen LogP contribution in [0.5, 0.6) is 0 Å². The number of hydrogen-bond donors (Lipinski definition) is 1. The van der Waals surface area contributed by atoms with Crippen molar-refractivity contribution in [1.82, 2.24) is 0 Å². The molecule has 0 radical (unpaired) electrons. The molecule has 82 valence electrons. The maximum atomic E-state index is 6.23. The van der Waals surface area contributed by atoms with Crippen molar-refractivity contribution in [3.63, 3.8) is 0 Å². The van der Waals surface area contributed by atoms with Gasteiger partial charge < -0.3 is 5.73 Å². The molecular weight excluding hydrogens is 206 g/mol. The third-order valence-electron chi connectivity index (χ3n) is 3.61. The molecule has 0 amide bonds. The number of halogens is 1. The maximum Gasteiger partial charge on any atom is 0.0440 e. The van der Waals surface area contributed by atoms with Crippen molar-refractivity contribution in [1.29, 1.82) is 0 Å². The van der Waals surface area contributed by atoms with Gasteiger partial charge in [0.15, 0.2) is 0 Å². The third-order valence-corrected chi connectivity index (χ3v) is 3.96. The summed E-state index contributed by atoms with van der Waals surface area (Å²) < 4.78 is 0. The van der Waals surface area contributed by atoms with Crippen molar-refractivity contribution >= 4 is 11.6 Å². The van der Waals surface area contributed by atoms with E-state index in [-0.39, 0.29) is 6.04 Å². The Kier molecular flexibility index (Phi) is 2.78. The van der Waals surface area contributed by atoms with Crippen molar-refractivity contribution < 1.29 is 0 Å². The molecule has 0 spiro atoms. The zero-order chi connectivity index (χ0) is 11.1. The second kappa shape index (κ2) is 3.80. The number of aryl methyl sites for hydroxylation is 1. The van der Waals surface area contributed by atoms with Crippen molar-refractivity contribution in [2.75, 3.05) is 0 Å². The van der Waals surface area contributed by atoms with Crippen LogP contribution in [0.2, 0.25) is 5.02 Å². The highest BCUT2D eigenvalue weighted by Gasteiger charge is 2.45.